The van der Waals surface area contributed by atoms with Crippen molar-refractivity contribution in [2.75, 3.05) is 5.32 Å². The van der Waals surface area contributed by atoms with Gasteiger partial charge in [-0.15, -0.1) is 5.10 Å². The van der Waals surface area contributed by atoms with Gasteiger partial charge in [0.05, 0.1) is 10.4 Å². The van der Waals surface area contributed by atoms with E-state index in [1.807, 2.05) is 78.9 Å². The Labute approximate surface area is 206 Å². The average Bonchev–Trinajstić information content (AvgIpc) is 3.36. The van der Waals surface area contributed by atoms with Crippen LogP contribution < -0.4 is 10.1 Å². The molecule has 0 amide bonds. The molecule has 1 N–H and O–H groups in total. The summed E-state index contributed by atoms with van der Waals surface area (Å²) in [5, 5.41) is 12.0. The predicted molar refractivity (Wildman–Crippen MR) is 136 cm³/mol. The van der Waals surface area contributed by atoms with E-state index in [2.05, 4.69) is 20.6 Å². The second-order valence-electron chi connectivity index (χ2n) is 7.99. The first-order chi connectivity index (χ1) is 17.6. The summed E-state index contributed by atoms with van der Waals surface area (Å²) in [5.41, 5.74) is 1.58. The molecule has 6 aromatic rings. The number of hydrogen-bond donors (Lipinski definition) is 1. The average molecular weight is 494 g/mol. The number of sulfone groups is 1. The first kappa shape index (κ1) is 21.8. The van der Waals surface area contributed by atoms with Crippen LogP contribution in [0.25, 0.3) is 16.6 Å². The van der Waals surface area contributed by atoms with Crippen LogP contribution in [0.2, 0.25) is 0 Å². The Hall–Kier alpha value is -4.76. The first-order valence-corrected chi connectivity index (χ1v) is 12.6. The number of aromatic nitrogens is 4. The summed E-state index contributed by atoms with van der Waals surface area (Å²) in [6.07, 6.45) is 0. The highest BCUT2D eigenvalue weighted by molar-refractivity contribution is 7.91. The number of hydrogen-bond acceptors (Lipinski definition) is 7. The van der Waals surface area contributed by atoms with Crippen molar-refractivity contribution in [2.45, 2.75) is 9.92 Å². The molecule has 2 heterocycles. The van der Waals surface area contributed by atoms with Crippen molar-refractivity contribution in [2.24, 2.45) is 0 Å². The monoisotopic (exact) mass is 493 g/mol. The third-order valence-corrected chi connectivity index (χ3v) is 7.29. The highest BCUT2D eigenvalue weighted by Gasteiger charge is 2.27. The van der Waals surface area contributed by atoms with Crippen molar-refractivity contribution >= 4 is 37.9 Å². The molecular formula is C27H19N5O3S. The van der Waals surface area contributed by atoms with Gasteiger partial charge in [0.25, 0.3) is 0 Å². The fourth-order valence-electron chi connectivity index (χ4n) is 3.89. The molecule has 9 heteroatoms. The molecule has 0 radical (unpaired) electrons. The lowest BCUT2D eigenvalue weighted by Crippen LogP contribution is -2.05. The number of ether oxygens (including phenoxy) is 1. The Morgan fingerprint density at radius 3 is 2.11 bits per heavy atom. The van der Waals surface area contributed by atoms with E-state index in [-0.39, 0.29) is 15.6 Å². The summed E-state index contributed by atoms with van der Waals surface area (Å²) in [6, 6.07) is 32.6. The van der Waals surface area contributed by atoms with Gasteiger partial charge in [0.2, 0.25) is 14.9 Å². The van der Waals surface area contributed by atoms with Crippen LogP contribution in [0.15, 0.2) is 119 Å². The largest absolute Gasteiger partial charge is 0.457 e. The van der Waals surface area contributed by atoms with Crippen LogP contribution in [0.5, 0.6) is 11.5 Å². The quantitative estimate of drug-likeness (QED) is 0.320. The van der Waals surface area contributed by atoms with Crippen LogP contribution in [0.1, 0.15) is 0 Å². The first-order valence-electron chi connectivity index (χ1n) is 11.1. The smallest absolute Gasteiger partial charge is 0.229 e. The van der Waals surface area contributed by atoms with E-state index in [1.54, 1.807) is 18.2 Å². The van der Waals surface area contributed by atoms with Crippen LogP contribution in [0.4, 0.5) is 11.5 Å². The van der Waals surface area contributed by atoms with Gasteiger partial charge in [-0.1, -0.05) is 53.7 Å². The minimum Gasteiger partial charge on any atom is -0.457 e. The van der Waals surface area contributed by atoms with Crippen molar-refractivity contribution in [1.29, 1.82) is 0 Å². The van der Waals surface area contributed by atoms with Crippen molar-refractivity contribution < 1.29 is 13.2 Å². The minimum absolute atomic E-state index is 0.130. The lowest BCUT2D eigenvalue weighted by atomic mass is 10.2. The van der Waals surface area contributed by atoms with Gasteiger partial charge in [-0.25, -0.2) is 13.4 Å². The Bertz CT molecular complexity index is 1790. The summed E-state index contributed by atoms with van der Waals surface area (Å²) in [4.78, 5) is 4.79. The van der Waals surface area contributed by atoms with E-state index in [4.69, 9.17) is 4.74 Å². The number of fused-ring (bicyclic) bond motifs is 3. The van der Waals surface area contributed by atoms with Gasteiger partial charge in [-0.2, -0.15) is 4.52 Å². The number of nitrogens with zero attached hydrogens (tertiary/aromatic N) is 4. The molecule has 0 aliphatic heterocycles. The lowest BCUT2D eigenvalue weighted by Gasteiger charge is -2.11. The molecule has 36 heavy (non-hydrogen) atoms. The van der Waals surface area contributed by atoms with E-state index in [0.29, 0.717) is 17.1 Å². The fraction of sp³-hybridized carbons (Fsp3) is 0. The molecule has 0 spiro atoms. The van der Waals surface area contributed by atoms with E-state index in [1.165, 1.54) is 16.6 Å². The van der Waals surface area contributed by atoms with Gasteiger partial charge < -0.3 is 10.1 Å². The van der Waals surface area contributed by atoms with Crippen molar-refractivity contribution in [3.8, 4) is 11.5 Å². The molecule has 0 atom stereocenters. The molecule has 0 saturated carbocycles. The zero-order valence-corrected chi connectivity index (χ0v) is 19.6. The van der Waals surface area contributed by atoms with Crippen molar-refractivity contribution in [3.63, 3.8) is 0 Å². The number of benzene rings is 4. The Balaban J connectivity index is 1.41. The van der Waals surface area contributed by atoms with Crippen LogP contribution in [-0.2, 0) is 9.84 Å². The molecular weight excluding hydrogens is 474 g/mol. The summed E-state index contributed by atoms with van der Waals surface area (Å²) < 4.78 is 33.9. The molecule has 0 saturated heterocycles. The highest BCUT2D eigenvalue weighted by atomic mass is 32.2. The molecule has 0 fully saturated rings. The van der Waals surface area contributed by atoms with Crippen LogP contribution in [-0.4, -0.2) is 28.2 Å². The summed E-state index contributed by atoms with van der Waals surface area (Å²) in [7, 11) is -3.92. The SMILES string of the molecule is O=S(=O)(c1ccccc1)c1nnn2c1nc(Nc1ccc(Oc3ccccc3)cc1)c1ccccc12. The predicted octanol–water partition coefficient (Wildman–Crippen LogP) is 5.65. The van der Waals surface area contributed by atoms with Gasteiger partial charge in [0, 0.05) is 11.1 Å². The van der Waals surface area contributed by atoms with Crippen molar-refractivity contribution in [1.82, 2.24) is 19.8 Å². The molecule has 0 aliphatic rings. The zero-order valence-electron chi connectivity index (χ0n) is 18.8. The van der Waals surface area contributed by atoms with Gasteiger partial charge in [0.1, 0.15) is 17.3 Å². The standard InChI is InChI=1S/C27H19N5O3S/c33-36(34,22-11-5-2-6-12-22)27-26-29-25(23-13-7-8-14-24(23)32(26)31-30-27)28-19-15-17-21(18-16-19)35-20-9-3-1-4-10-20/h1-18H,(H,28,29). The second kappa shape index (κ2) is 8.79. The zero-order chi connectivity index (χ0) is 24.5. The molecule has 0 aliphatic carbocycles. The summed E-state index contributed by atoms with van der Waals surface area (Å²) in [5.74, 6) is 1.93. The van der Waals surface area contributed by atoms with E-state index in [9.17, 15) is 8.42 Å². The molecule has 8 nitrogen and oxygen atoms in total. The molecule has 2 aromatic heterocycles. The summed E-state index contributed by atoms with van der Waals surface area (Å²) in [6.45, 7) is 0. The number of nitrogens with one attached hydrogen (secondary N) is 1. The van der Waals surface area contributed by atoms with Crippen LogP contribution >= 0.6 is 0 Å². The number of para-hydroxylation sites is 2. The molecule has 176 valence electrons. The van der Waals surface area contributed by atoms with Crippen LogP contribution in [0.3, 0.4) is 0 Å². The number of anilines is 2. The Morgan fingerprint density at radius 2 is 1.36 bits per heavy atom. The topological polar surface area (TPSA) is 98.5 Å². The van der Waals surface area contributed by atoms with Gasteiger partial charge >= 0.3 is 0 Å². The van der Waals surface area contributed by atoms with Gasteiger partial charge in [-0.3, -0.25) is 0 Å². The molecule has 6 rings (SSSR count). The maximum absolute atomic E-state index is 13.3. The number of rotatable bonds is 6. The van der Waals surface area contributed by atoms with Crippen LogP contribution in [0, 0.1) is 0 Å². The maximum atomic E-state index is 13.3. The third kappa shape index (κ3) is 3.91. The second-order valence-corrected chi connectivity index (χ2v) is 9.85. The maximum Gasteiger partial charge on any atom is 0.229 e. The lowest BCUT2D eigenvalue weighted by molar-refractivity contribution is 0.483. The summed E-state index contributed by atoms with van der Waals surface area (Å²) >= 11 is 0. The minimum atomic E-state index is -3.92. The third-order valence-electron chi connectivity index (χ3n) is 5.63. The van der Waals surface area contributed by atoms with E-state index < -0.39 is 9.84 Å². The van der Waals surface area contributed by atoms with E-state index in [0.717, 1.165) is 16.8 Å². The van der Waals surface area contributed by atoms with Gasteiger partial charge in [-0.05, 0) is 60.7 Å². The normalized spacial score (nSPS) is 11.6. The highest BCUT2D eigenvalue weighted by Crippen LogP contribution is 2.30. The Morgan fingerprint density at radius 1 is 0.722 bits per heavy atom. The molecule has 4 aromatic carbocycles. The Kier molecular flexibility index (Phi) is 5.31. The molecule has 0 unspecified atom stereocenters. The van der Waals surface area contributed by atoms with Crippen molar-refractivity contribution in [3.05, 3.63) is 109 Å². The fourth-order valence-corrected chi connectivity index (χ4v) is 5.15. The van der Waals surface area contributed by atoms with Gasteiger partial charge in [0.15, 0.2) is 5.65 Å². The van der Waals surface area contributed by atoms with E-state index >= 15 is 0 Å². The molecule has 0 bridgehead atoms.